The Balaban J connectivity index is 1.36. The molecule has 1 amide bonds. The van der Waals surface area contributed by atoms with Crippen molar-refractivity contribution in [3.63, 3.8) is 0 Å². The number of carbonyl (C=O) groups excluding carboxylic acids is 2. The highest BCUT2D eigenvalue weighted by Gasteiger charge is 2.20. The molecule has 1 N–H and O–H groups in total. The second-order valence-electron chi connectivity index (χ2n) is 9.59. The van der Waals surface area contributed by atoms with Crippen LogP contribution < -0.4 is 15.0 Å². The number of benzene rings is 2. The Morgan fingerprint density at radius 3 is 2.41 bits per heavy atom. The molecule has 0 aliphatic carbocycles. The van der Waals surface area contributed by atoms with Crippen LogP contribution in [-0.2, 0) is 9.53 Å². The summed E-state index contributed by atoms with van der Waals surface area (Å²) < 4.78 is 10.9. The van der Waals surface area contributed by atoms with Crippen LogP contribution >= 0.6 is 0 Å². The topological polar surface area (TPSA) is 71.1 Å². The highest BCUT2D eigenvalue weighted by molar-refractivity contribution is 5.94. The second-order valence-corrected chi connectivity index (χ2v) is 9.59. The third-order valence-electron chi connectivity index (χ3n) is 5.71. The first-order chi connectivity index (χ1) is 16.2. The van der Waals surface area contributed by atoms with Crippen LogP contribution in [0.5, 0.6) is 5.75 Å². The molecule has 3 rings (SSSR count). The van der Waals surface area contributed by atoms with Crippen LogP contribution in [0.15, 0.2) is 48.5 Å². The maximum absolute atomic E-state index is 12.4. The molecule has 7 heteroatoms. The SMILES string of the molecule is COc1ccccc1N1CCN(CCCCC(=O)Nc2cccc(C(=O)OC(C)(C)C)c2)CC1. The Morgan fingerprint density at radius 2 is 1.71 bits per heavy atom. The number of anilines is 2. The van der Waals surface area contributed by atoms with Crippen molar-refractivity contribution in [2.24, 2.45) is 0 Å². The molecular formula is C27H37N3O4. The van der Waals surface area contributed by atoms with Crippen molar-refractivity contribution in [1.82, 2.24) is 4.90 Å². The fraction of sp³-hybridized carbons (Fsp3) is 0.481. The Labute approximate surface area is 203 Å². The third-order valence-corrected chi connectivity index (χ3v) is 5.71. The first-order valence-electron chi connectivity index (χ1n) is 12.0. The highest BCUT2D eigenvalue weighted by atomic mass is 16.6. The molecule has 0 atom stereocenters. The molecule has 1 saturated heterocycles. The zero-order valence-electron chi connectivity index (χ0n) is 20.8. The summed E-state index contributed by atoms with van der Waals surface area (Å²) in [6, 6.07) is 15.0. The van der Waals surface area contributed by atoms with Gasteiger partial charge in [0, 0.05) is 38.3 Å². The van der Waals surface area contributed by atoms with Gasteiger partial charge in [-0.1, -0.05) is 18.2 Å². The number of ether oxygens (including phenoxy) is 2. The van der Waals surface area contributed by atoms with Crippen molar-refractivity contribution in [2.75, 3.05) is 50.1 Å². The van der Waals surface area contributed by atoms with E-state index in [1.165, 1.54) is 0 Å². The number of methoxy groups -OCH3 is 1. The molecule has 1 heterocycles. The van der Waals surface area contributed by atoms with Crippen molar-refractivity contribution < 1.29 is 19.1 Å². The van der Waals surface area contributed by atoms with Crippen molar-refractivity contribution in [1.29, 1.82) is 0 Å². The Hall–Kier alpha value is -3.06. The Kier molecular flexibility index (Phi) is 8.93. The lowest BCUT2D eigenvalue weighted by atomic mass is 10.1. The summed E-state index contributed by atoms with van der Waals surface area (Å²) in [5.74, 6) is 0.482. The van der Waals surface area contributed by atoms with Gasteiger partial charge in [-0.25, -0.2) is 4.79 Å². The molecule has 2 aromatic carbocycles. The zero-order chi connectivity index (χ0) is 24.6. The Morgan fingerprint density at radius 1 is 0.971 bits per heavy atom. The summed E-state index contributed by atoms with van der Waals surface area (Å²) in [5.41, 5.74) is 1.63. The standard InChI is InChI=1S/C27H37N3O4/c1-27(2,3)34-26(32)21-10-9-11-22(20-21)28-25(31)14-7-8-15-29-16-18-30(19-17-29)23-12-5-6-13-24(23)33-4/h5-6,9-13,20H,7-8,14-19H2,1-4H3,(H,28,31). The van der Waals surface area contributed by atoms with E-state index in [9.17, 15) is 9.59 Å². The largest absolute Gasteiger partial charge is 0.495 e. The van der Waals surface area contributed by atoms with E-state index in [1.54, 1.807) is 31.4 Å². The summed E-state index contributed by atoms with van der Waals surface area (Å²) in [7, 11) is 1.71. The monoisotopic (exact) mass is 467 g/mol. The summed E-state index contributed by atoms with van der Waals surface area (Å²) in [5, 5.41) is 2.89. The number of nitrogens with zero attached hydrogens (tertiary/aromatic N) is 2. The molecule has 34 heavy (non-hydrogen) atoms. The Bertz CT molecular complexity index is 962. The van der Waals surface area contributed by atoms with Gasteiger partial charge in [0.05, 0.1) is 18.4 Å². The molecule has 0 radical (unpaired) electrons. The summed E-state index contributed by atoms with van der Waals surface area (Å²) in [4.78, 5) is 29.4. The normalized spacial score (nSPS) is 14.5. The van der Waals surface area contributed by atoms with Gasteiger partial charge >= 0.3 is 5.97 Å². The zero-order valence-corrected chi connectivity index (χ0v) is 20.8. The van der Waals surface area contributed by atoms with Crippen molar-refractivity contribution in [2.45, 2.75) is 45.6 Å². The first kappa shape index (κ1) is 25.6. The van der Waals surface area contributed by atoms with Gasteiger partial charge in [0.15, 0.2) is 0 Å². The van der Waals surface area contributed by atoms with Gasteiger partial charge in [-0.15, -0.1) is 0 Å². The minimum atomic E-state index is -0.558. The molecule has 184 valence electrons. The number of amides is 1. The number of carbonyl (C=O) groups is 2. The molecule has 1 fully saturated rings. The van der Waals surface area contributed by atoms with Gasteiger partial charge in [-0.05, 0) is 70.5 Å². The predicted octanol–water partition coefficient (Wildman–Crippen LogP) is 4.58. The molecule has 7 nitrogen and oxygen atoms in total. The van der Waals surface area contributed by atoms with Crippen LogP contribution in [0.25, 0.3) is 0 Å². The van der Waals surface area contributed by atoms with Gasteiger partial charge in [0.1, 0.15) is 11.4 Å². The number of unbranched alkanes of at least 4 members (excludes halogenated alkanes) is 1. The minimum Gasteiger partial charge on any atom is -0.495 e. The van der Waals surface area contributed by atoms with Crippen LogP contribution in [0.3, 0.4) is 0 Å². The second kappa shape index (κ2) is 11.9. The number of esters is 1. The van der Waals surface area contributed by atoms with Gasteiger partial charge in [-0.3, -0.25) is 9.69 Å². The molecule has 2 aromatic rings. The molecule has 1 aliphatic rings. The smallest absolute Gasteiger partial charge is 0.338 e. The molecule has 1 aliphatic heterocycles. The van der Waals surface area contributed by atoms with E-state index in [2.05, 4.69) is 21.2 Å². The minimum absolute atomic E-state index is 0.0395. The molecule has 0 bridgehead atoms. The maximum atomic E-state index is 12.4. The number of rotatable bonds is 9. The van der Waals surface area contributed by atoms with E-state index in [4.69, 9.17) is 9.47 Å². The lowest BCUT2D eigenvalue weighted by Crippen LogP contribution is -2.46. The predicted molar refractivity (Wildman–Crippen MR) is 136 cm³/mol. The first-order valence-corrected chi connectivity index (χ1v) is 12.0. The van der Waals surface area contributed by atoms with Gasteiger partial charge in [0.25, 0.3) is 0 Å². The quantitative estimate of drug-likeness (QED) is 0.430. The van der Waals surface area contributed by atoms with E-state index in [-0.39, 0.29) is 5.91 Å². The molecule has 0 saturated carbocycles. The number of nitrogens with one attached hydrogen (secondary N) is 1. The molecule has 0 aromatic heterocycles. The summed E-state index contributed by atoms with van der Waals surface area (Å²) >= 11 is 0. The third kappa shape index (κ3) is 7.76. The fourth-order valence-corrected chi connectivity index (χ4v) is 4.01. The van der Waals surface area contributed by atoms with Crippen molar-refractivity contribution >= 4 is 23.3 Å². The van der Waals surface area contributed by atoms with Crippen LogP contribution in [0.4, 0.5) is 11.4 Å². The van der Waals surface area contributed by atoms with Crippen LogP contribution in [0.2, 0.25) is 0 Å². The molecule has 0 unspecified atom stereocenters. The average Bonchev–Trinajstić information content (AvgIpc) is 2.81. The highest BCUT2D eigenvalue weighted by Crippen LogP contribution is 2.28. The van der Waals surface area contributed by atoms with E-state index in [0.29, 0.717) is 17.7 Å². The van der Waals surface area contributed by atoms with Crippen LogP contribution in [-0.4, -0.2) is 62.2 Å². The van der Waals surface area contributed by atoms with Gasteiger partial charge in [0.2, 0.25) is 5.91 Å². The van der Waals surface area contributed by atoms with Gasteiger partial charge in [-0.2, -0.15) is 0 Å². The van der Waals surface area contributed by atoms with E-state index in [0.717, 1.165) is 57.0 Å². The van der Waals surface area contributed by atoms with Crippen molar-refractivity contribution in [3.05, 3.63) is 54.1 Å². The number of hydrogen-bond donors (Lipinski definition) is 1. The average molecular weight is 468 g/mol. The fourth-order valence-electron chi connectivity index (χ4n) is 4.01. The van der Waals surface area contributed by atoms with E-state index < -0.39 is 11.6 Å². The molecular weight excluding hydrogens is 430 g/mol. The maximum Gasteiger partial charge on any atom is 0.338 e. The van der Waals surface area contributed by atoms with E-state index in [1.807, 2.05) is 39.0 Å². The van der Waals surface area contributed by atoms with Crippen LogP contribution in [0.1, 0.15) is 50.4 Å². The summed E-state index contributed by atoms with van der Waals surface area (Å²) in [6.07, 6.45) is 2.25. The van der Waals surface area contributed by atoms with Crippen LogP contribution in [0, 0.1) is 0 Å². The number of hydrogen-bond acceptors (Lipinski definition) is 6. The lowest BCUT2D eigenvalue weighted by molar-refractivity contribution is -0.116. The molecule has 0 spiro atoms. The number of para-hydroxylation sites is 2. The van der Waals surface area contributed by atoms with Crippen molar-refractivity contribution in [3.8, 4) is 5.75 Å². The number of piperazine rings is 1. The van der Waals surface area contributed by atoms with Gasteiger partial charge < -0.3 is 19.7 Å². The lowest BCUT2D eigenvalue weighted by Gasteiger charge is -2.36. The summed E-state index contributed by atoms with van der Waals surface area (Å²) in [6.45, 7) is 10.4. The van der Waals surface area contributed by atoms with E-state index >= 15 is 0 Å².